The molecule has 1 aliphatic heterocycles. The van der Waals surface area contributed by atoms with Crippen LogP contribution in [0.15, 0.2) is 30.5 Å². The predicted molar refractivity (Wildman–Crippen MR) is 93.3 cm³/mol. The van der Waals surface area contributed by atoms with Gasteiger partial charge in [-0.2, -0.15) is 18.3 Å². The second-order valence-electron chi connectivity index (χ2n) is 7.46. The van der Waals surface area contributed by atoms with E-state index in [1.807, 2.05) is 0 Å². The molecule has 1 N–H and O–H groups in total. The topological polar surface area (TPSA) is 58.4 Å². The SMILES string of the molecule is C[C@H]1CN(C(=O)[C@@](C)(O)C(F)(F)F)CC[C@H]1c1ccnn1-c1ccc(F)cc1F. The van der Waals surface area contributed by atoms with Gasteiger partial charge in [-0.25, -0.2) is 13.5 Å². The summed E-state index contributed by atoms with van der Waals surface area (Å²) in [4.78, 5) is 13.2. The van der Waals surface area contributed by atoms with Crippen molar-refractivity contribution in [1.82, 2.24) is 14.7 Å². The van der Waals surface area contributed by atoms with Gasteiger partial charge in [0.2, 0.25) is 5.60 Å². The molecule has 1 fully saturated rings. The molecule has 0 aliphatic carbocycles. The number of piperidine rings is 1. The number of alkyl halides is 3. The molecule has 5 nitrogen and oxygen atoms in total. The van der Waals surface area contributed by atoms with Gasteiger partial charge in [0.05, 0.1) is 0 Å². The van der Waals surface area contributed by atoms with Crippen molar-refractivity contribution in [3.8, 4) is 5.69 Å². The molecule has 158 valence electrons. The van der Waals surface area contributed by atoms with Crippen molar-refractivity contribution in [2.45, 2.75) is 38.0 Å². The Hall–Kier alpha value is -2.49. The first-order valence-electron chi connectivity index (χ1n) is 9.01. The Balaban J connectivity index is 1.82. The van der Waals surface area contributed by atoms with Crippen molar-refractivity contribution in [3.05, 3.63) is 47.8 Å². The summed E-state index contributed by atoms with van der Waals surface area (Å²) in [6.07, 6.45) is -3.32. The number of halogens is 5. The molecule has 3 rings (SSSR count). The number of benzene rings is 1. The lowest BCUT2D eigenvalue weighted by atomic mass is 9.83. The number of amides is 1. The van der Waals surface area contributed by atoms with E-state index in [4.69, 9.17) is 0 Å². The molecule has 1 aliphatic rings. The normalized spacial score (nSPS) is 22.4. The molecule has 29 heavy (non-hydrogen) atoms. The molecule has 0 radical (unpaired) electrons. The van der Waals surface area contributed by atoms with E-state index < -0.39 is 29.3 Å². The minimum atomic E-state index is -5.08. The van der Waals surface area contributed by atoms with Crippen molar-refractivity contribution in [2.24, 2.45) is 5.92 Å². The van der Waals surface area contributed by atoms with Crippen LogP contribution in [0.4, 0.5) is 22.0 Å². The third-order valence-electron chi connectivity index (χ3n) is 5.35. The number of hydrogen-bond donors (Lipinski definition) is 1. The summed E-state index contributed by atoms with van der Waals surface area (Å²) in [6, 6.07) is 4.76. The van der Waals surface area contributed by atoms with Gasteiger partial charge < -0.3 is 10.0 Å². The highest BCUT2D eigenvalue weighted by atomic mass is 19.4. The van der Waals surface area contributed by atoms with Crippen LogP contribution in [-0.2, 0) is 4.79 Å². The number of aliphatic hydroxyl groups is 1. The molecule has 0 saturated carbocycles. The number of nitrogens with zero attached hydrogens (tertiary/aromatic N) is 3. The molecule has 2 aromatic rings. The Bertz CT molecular complexity index is 909. The van der Waals surface area contributed by atoms with E-state index in [-0.39, 0.29) is 30.6 Å². The fourth-order valence-electron chi connectivity index (χ4n) is 3.65. The molecular formula is C19H20F5N3O2. The number of rotatable bonds is 3. The Morgan fingerprint density at radius 3 is 2.52 bits per heavy atom. The van der Waals surface area contributed by atoms with Crippen molar-refractivity contribution in [3.63, 3.8) is 0 Å². The summed E-state index contributed by atoms with van der Waals surface area (Å²) in [7, 11) is 0. The lowest BCUT2D eigenvalue weighted by Crippen LogP contribution is -2.58. The van der Waals surface area contributed by atoms with Gasteiger partial charge >= 0.3 is 6.18 Å². The van der Waals surface area contributed by atoms with Crippen molar-refractivity contribution in [1.29, 1.82) is 0 Å². The van der Waals surface area contributed by atoms with Crippen molar-refractivity contribution in [2.75, 3.05) is 13.1 Å². The Kier molecular flexibility index (Phi) is 5.42. The second-order valence-corrected chi connectivity index (χ2v) is 7.46. The highest BCUT2D eigenvalue weighted by Gasteiger charge is 2.57. The summed E-state index contributed by atoms with van der Waals surface area (Å²) in [5.41, 5.74) is -2.80. The van der Waals surface area contributed by atoms with E-state index in [0.717, 1.165) is 17.0 Å². The standard InChI is InChI=1S/C19H20F5N3O2/c1-11-10-26(17(28)18(2,29)19(22,23)24)8-6-13(11)15-5-7-25-27(15)16-4-3-12(20)9-14(16)21/h3-5,7,9,11,13,29H,6,8,10H2,1-2H3/t11-,13+,18+/m0/s1. The minimum Gasteiger partial charge on any atom is -0.373 e. The number of aromatic nitrogens is 2. The third kappa shape index (κ3) is 3.85. The minimum absolute atomic E-state index is 0.00283. The zero-order valence-electron chi connectivity index (χ0n) is 15.7. The average molecular weight is 417 g/mol. The molecule has 0 unspecified atom stereocenters. The molecule has 1 aromatic heterocycles. The first-order valence-corrected chi connectivity index (χ1v) is 9.01. The van der Waals surface area contributed by atoms with Crippen molar-refractivity contribution < 1.29 is 31.9 Å². The Morgan fingerprint density at radius 1 is 1.24 bits per heavy atom. The maximum Gasteiger partial charge on any atom is 0.426 e. The van der Waals surface area contributed by atoms with Crippen LogP contribution in [0.1, 0.15) is 31.9 Å². The Morgan fingerprint density at radius 2 is 1.93 bits per heavy atom. The molecule has 1 saturated heterocycles. The zero-order chi connectivity index (χ0) is 21.6. The Labute approximate surface area is 163 Å². The van der Waals surface area contributed by atoms with Gasteiger partial charge in [0.15, 0.2) is 5.82 Å². The summed E-state index contributed by atoms with van der Waals surface area (Å²) in [5.74, 6) is -3.42. The van der Waals surface area contributed by atoms with E-state index in [1.54, 1.807) is 13.0 Å². The van der Waals surface area contributed by atoms with E-state index in [0.29, 0.717) is 19.0 Å². The molecular weight excluding hydrogens is 397 g/mol. The largest absolute Gasteiger partial charge is 0.426 e. The fourth-order valence-corrected chi connectivity index (χ4v) is 3.65. The van der Waals surface area contributed by atoms with Gasteiger partial charge in [-0.15, -0.1) is 0 Å². The highest BCUT2D eigenvalue weighted by molar-refractivity contribution is 5.85. The highest BCUT2D eigenvalue weighted by Crippen LogP contribution is 2.37. The molecule has 1 aromatic carbocycles. The first-order chi connectivity index (χ1) is 13.4. The lowest BCUT2D eigenvalue weighted by Gasteiger charge is -2.40. The molecule has 3 atom stereocenters. The first kappa shape index (κ1) is 21.2. The predicted octanol–water partition coefficient (Wildman–Crippen LogP) is 3.42. The third-order valence-corrected chi connectivity index (χ3v) is 5.35. The number of hydrogen-bond acceptors (Lipinski definition) is 3. The smallest absolute Gasteiger partial charge is 0.373 e. The van der Waals surface area contributed by atoms with E-state index >= 15 is 0 Å². The average Bonchev–Trinajstić information content (AvgIpc) is 3.09. The summed E-state index contributed by atoms with van der Waals surface area (Å²) in [6.45, 7) is 2.19. The van der Waals surface area contributed by atoms with Crippen LogP contribution in [0.2, 0.25) is 0 Å². The van der Waals surface area contributed by atoms with Gasteiger partial charge in [0.1, 0.15) is 11.5 Å². The van der Waals surface area contributed by atoms with Gasteiger partial charge in [0, 0.05) is 37.0 Å². The molecule has 0 spiro atoms. The van der Waals surface area contributed by atoms with Crippen LogP contribution < -0.4 is 0 Å². The van der Waals surface area contributed by atoms with Crippen LogP contribution in [0.25, 0.3) is 5.69 Å². The lowest BCUT2D eigenvalue weighted by molar-refractivity contribution is -0.250. The van der Waals surface area contributed by atoms with Crippen LogP contribution in [0, 0.1) is 17.6 Å². The van der Waals surface area contributed by atoms with Gasteiger partial charge in [0.25, 0.3) is 5.91 Å². The fraction of sp³-hybridized carbons (Fsp3) is 0.474. The zero-order valence-corrected chi connectivity index (χ0v) is 15.7. The molecule has 2 heterocycles. The number of carbonyl (C=O) groups is 1. The molecule has 0 bridgehead atoms. The van der Waals surface area contributed by atoms with Crippen LogP contribution in [0.3, 0.4) is 0 Å². The summed E-state index contributed by atoms with van der Waals surface area (Å²) >= 11 is 0. The molecule has 10 heteroatoms. The van der Waals surface area contributed by atoms with E-state index in [1.165, 1.54) is 16.9 Å². The maximum absolute atomic E-state index is 14.2. The van der Waals surface area contributed by atoms with Gasteiger partial charge in [-0.1, -0.05) is 6.92 Å². The van der Waals surface area contributed by atoms with Gasteiger partial charge in [-0.3, -0.25) is 4.79 Å². The van der Waals surface area contributed by atoms with Crippen LogP contribution >= 0.6 is 0 Å². The monoisotopic (exact) mass is 417 g/mol. The second kappa shape index (κ2) is 7.40. The quantitative estimate of drug-likeness (QED) is 0.779. The van der Waals surface area contributed by atoms with E-state index in [2.05, 4.69) is 5.10 Å². The van der Waals surface area contributed by atoms with Crippen LogP contribution in [0.5, 0.6) is 0 Å². The summed E-state index contributed by atoms with van der Waals surface area (Å²) in [5, 5.41) is 13.7. The van der Waals surface area contributed by atoms with E-state index in [9.17, 15) is 31.9 Å². The molecule has 1 amide bonds. The van der Waals surface area contributed by atoms with Crippen LogP contribution in [-0.4, -0.2) is 50.6 Å². The summed E-state index contributed by atoms with van der Waals surface area (Å²) < 4.78 is 67.6. The maximum atomic E-state index is 14.2. The number of likely N-dealkylation sites (tertiary alicyclic amines) is 1. The van der Waals surface area contributed by atoms with Gasteiger partial charge in [-0.05, 0) is 37.5 Å². The van der Waals surface area contributed by atoms with Crippen molar-refractivity contribution >= 4 is 5.91 Å². The number of carbonyl (C=O) groups excluding carboxylic acids is 1.